The number of hydrogen-bond acceptors (Lipinski definition) is 4. The summed E-state index contributed by atoms with van der Waals surface area (Å²) in [5.41, 5.74) is 4.46. The maximum absolute atomic E-state index is 13.9. The minimum Gasteiger partial charge on any atom is -0.488 e. The number of rotatable bonds is 6. The van der Waals surface area contributed by atoms with E-state index in [2.05, 4.69) is 31.8 Å². The Balaban J connectivity index is 1.56. The highest BCUT2D eigenvalue weighted by molar-refractivity contribution is 9.10. The van der Waals surface area contributed by atoms with Crippen LogP contribution in [0.15, 0.2) is 70.2 Å². The standard InChI is InChI=1S/C23H18BrClFN3O3/c1-14-5-2-3-8-20(14)28-22(30)23(31)29-27-12-15-9-10-21(17(24)11-15)32-13-16-18(25)6-4-7-19(16)26/h2-12H,13H2,1H3,(H,28,30)(H,29,31)/b27-12-. The number of benzene rings is 3. The molecule has 0 aromatic heterocycles. The molecule has 0 aliphatic rings. The number of hydrazone groups is 1. The van der Waals surface area contributed by atoms with Crippen molar-refractivity contribution in [2.45, 2.75) is 13.5 Å². The van der Waals surface area contributed by atoms with E-state index in [1.165, 1.54) is 18.3 Å². The minimum absolute atomic E-state index is 0.0381. The number of hydrogen-bond donors (Lipinski definition) is 2. The molecule has 0 atom stereocenters. The molecule has 164 valence electrons. The van der Waals surface area contributed by atoms with Gasteiger partial charge in [-0.3, -0.25) is 9.59 Å². The lowest BCUT2D eigenvalue weighted by atomic mass is 10.2. The molecule has 0 radical (unpaired) electrons. The van der Waals surface area contributed by atoms with Crippen LogP contribution in [0.2, 0.25) is 5.02 Å². The molecule has 0 fully saturated rings. The molecule has 0 spiro atoms. The number of nitrogens with one attached hydrogen (secondary N) is 2. The summed E-state index contributed by atoms with van der Waals surface area (Å²) in [6.45, 7) is 1.78. The van der Waals surface area contributed by atoms with Crippen molar-refractivity contribution < 1.29 is 18.7 Å². The first-order valence-electron chi connectivity index (χ1n) is 9.40. The van der Waals surface area contributed by atoms with E-state index in [0.29, 0.717) is 21.5 Å². The molecule has 0 saturated heterocycles. The first-order valence-corrected chi connectivity index (χ1v) is 10.6. The molecule has 2 N–H and O–H groups in total. The van der Waals surface area contributed by atoms with E-state index in [1.54, 1.807) is 36.4 Å². The van der Waals surface area contributed by atoms with Gasteiger partial charge in [0.1, 0.15) is 18.2 Å². The third-order valence-electron chi connectivity index (χ3n) is 4.37. The van der Waals surface area contributed by atoms with Gasteiger partial charge in [0.25, 0.3) is 0 Å². The van der Waals surface area contributed by atoms with Gasteiger partial charge in [-0.05, 0) is 70.4 Å². The number of carbonyl (C=O) groups is 2. The van der Waals surface area contributed by atoms with Gasteiger partial charge in [0.05, 0.1) is 15.7 Å². The average molecular weight is 519 g/mol. The molecule has 0 aliphatic carbocycles. The summed E-state index contributed by atoms with van der Waals surface area (Å²) in [6, 6.07) is 16.6. The molecule has 0 bridgehead atoms. The number of amides is 2. The highest BCUT2D eigenvalue weighted by Crippen LogP contribution is 2.28. The smallest absolute Gasteiger partial charge is 0.329 e. The van der Waals surface area contributed by atoms with Gasteiger partial charge < -0.3 is 10.1 Å². The summed E-state index contributed by atoms with van der Waals surface area (Å²) >= 11 is 9.39. The number of carbonyl (C=O) groups excluding carboxylic acids is 2. The number of halogens is 3. The zero-order valence-electron chi connectivity index (χ0n) is 16.9. The molecule has 0 unspecified atom stereocenters. The Morgan fingerprint density at radius 1 is 1.12 bits per heavy atom. The third kappa shape index (κ3) is 6.15. The van der Waals surface area contributed by atoms with Crippen LogP contribution < -0.4 is 15.5 Å². The second-order valence-electron chi connectivity index (χ2n) is 6.65. The largest absolute Gasteiger partial charge is 0.488 e. The van der Waals surface area contributed by atoms with Crippen molar-refractivity contribution in [3.8, 4) is 5.75 Å². The second kappa shape index (κ2) is 10.9. The fourth-order valence-corrected chi connectivity index (χ4v) is 3.37. The van der Waals surface area contributed by atoms with Crippen LogP contribution >= 0.6 is 27.5 Å². The summed E-state index contributed by atoms with van der Waals surface area (Å²) in [7, 11) is 0. The van der Waals surface area contributed by atoms with Crippen LogP contribution in [0.25, 0.3) is 0 Å². The second-order valence-corrected chi connectivity index (χ2v) is 7.91. The van der Waals surface area contributed by atoms with Crippen LogP contribution in [0, 0.1) is 12.7 Å². The van der Waals surface area contributed by atoms with E-state index >= 15 is 0 Å². The van der Waals surface area contributed by atoms with Gasteiger partial charge in [0.2, 0.25) is 0 Å². The summed E-state index contributed by atoms with van der Waals surface area (Å²) < 4.78 is 20.1. The molecule has 0 saturated carbocycles. The molecular formula is C23H18BrClFN3O3. The van der Waals surface area contributed by atoms with Gasteiger partial charge in [-0.1, -0.05) is 35.9 Å². The molecule has 0 heterocycles. The predicted octanol–water partition coefficient (Wildman–Crippen LogP) is 5.22. The van der Waals surface area contributed by atoms with Crippen molar-refractivity contribution in [1.29, 1.82) is 0 Å². The van der Waals surface area contributed by atoms with E-state index in [0.717, 1.165) is 5.56 Å². The highest BCUT2D eigenvalue weighted by Gasteiger charge is 2.14. The monoisotopic (exact) mass is 517 g/mol. The Kier molecular flexibility index (Phi) is 7.97. The van der Waals surface area contributed by atoms with Crippen LogP contribution in [0.3, 0.4) is 0 Å². The average Bonchev–Trinajstić information content (AvgIpc) is 2.76. The molecular weight excluding hydrogens is 501 g/mol. The first-order chi connectivity index (χ1) is 15.3. The van der Waals surface area contributed by atoms with Gasteiger partial charge in [0.15, 0.2) is 0 Å². The molecule has 6 nitrogen and oxygen atoms in total. The number of aryl methyl sites for hydroxylation is 1. The zero-order chi connectivity index (χ0) is 23.1. The zero-order valence-corrected chi connectivity index (χ0v) is 19.2. The van der Waals surface area contributed by atoms with Crippen molar-refractivity contribution in [3.05, 3.63) is 92.7 Å². The molecule has 3 aromatic carbocycles. The predicted molar refractivity (Wildman–Crippen MR) is 125 cm³/mol. The molecule has 9 heteroatoms. The van der Waals surface area contributed by atoms with Gasteiger partial charge in [-0.15, -0.1) is 0 Å². The Morgan fingerprint density at radius 2 is 1.91 bits per heavy atom. The molecule has 3 rings (SSSR count). The van der Waals surface area contributed by atoms with Crippen LogP contribution in [-0.2, 0) is 16.2 Å². The molecule has 0 aliphatic heterocycles. The third-order valence-corrected chi connectivity index (χ3v) is 5.34. The Bertz CT molecular complexity index is 1170. The van der Waals surface area contributed by atoms with Crippen molar-refractivity contribution >= 4 is 51.2 Å². The number of ether oxygens (including phenoxy) is 1. The summed E-state index contributed by atoms with van der Waals surface area (Å²) in [6.07, 6.45) is 1.38. The van der Waals surface area contributed by atoms with E-state index in [9.17, 15) is 14.0 Å². The Labute approximate surface area is 197 Å². The van der Waals surface area contributed by atoms with Gasteiger partial charge in [-0.2, -0.15) is 5.10 Å². The fraction of sp³-hybridized carbons (Fsp3) is 0.0870. The van der Waals surface area contributed by atoms with Gasteiger partial charge >= 0.3 is 11.8 Å². The number of para-hydroxylation sites is 1. The first kappa shape index (κ1) is 23.4. The lowest BCUT2D eigenvalue weighted by Crippen LogP contribution is -2.32. The number of nitrogens with zero attached hydrogens (tertiary/aromatic N) is 1. The quantitative estimate of drug-likeness (QED) is 0.267. The highest BCUT2D eigenvalue weighted by atomic mass is 79.9. The van der Waals surface area contributed by atoms with Crippen molar-refractivity contribution in [2.75, 3.05) is 5.32 Å². The van der Waals surface area contributed by atoms with Crippen LogP contribution in [-0.4, -0.2) is 18.0 Å². The molecule has 32 heavy (non-hydrogen) atoms. The lowest BCUT2D eigenvalue weighted by molar-refractivity contribution is -0.136. The summed E-state index contributed by atoms with van der Waals surface area (Å²) in [5.74, 6) is -1.69. The van der Waals surface area contributed by atoms with Crippen LogP contribution in [0.4, 0.5) is 10.1 Å². The summed E-state index contributed by atoms with van der Waals surface area (Å²) in [4.78, 5) is 23.9. The number of anilines is 1. The Hall–Kier alpha value is -3.23. The maximum atomic E-state index is 13.9. The van der Waals surface area contributed by atoms with Crippen molar-refractivity contribution in [1.82, 2.24) is 5.43 Å². The van der Waals surface area contributed by atoms with E-state index in [4.69, 9.17) is 16.3 Å². The van der Waals surface area contributed by atoms with E-state index in [-0.39, 0.29) is 17.2 Å². The van der Waals surface area contributed by atoms with Crippen LogP contribution in [0.1, 0.15) is 16.7 Å². The maximum Gasteiger partial charge on any atom is 0.329 e. The van der Waals surface area contributed by atoms with Gasteiger partial charge in [-0.25, -0.2) is 9.82 Å². The Morgan fingerprint density at radius 3 is 2.62 bits per heavy atom. The minimum atomic E-state index is -0.898. The SMILES string of the molecule is Cc1ccccc1NC(=O)C(=O)N/N=C\c1ccc(OCc2c(F)cccc2Cl)c(Br)c1. The van der Waals surface area contributed by atoms with E-state index < -0.39 is 17.6 Å². The topological polar surface area (TPSA) is 79.8 Å². The van der Waals surface area contributed by atoms with Crippen molar-refractivity contribution in [2.24, 2.45) is 5.10 Å². The van der Waals surface area contributed by atoms with E-state index in [1.807, 2.05) is 19.1 Å². The van der Waals surface area contributed by atoms with Crippen molar-refractivity contribution in [3.63, 3.8) is 0 Å². The molecule has 2 amide bonds. The van der Waals surface area contributed by atoms with Gasteiger partial charge in [0, 0.05) is 11.3 Å². The van der Waals surface area contributed by atoms with Crippen LogP contribution in [0.5, 0.6) is 5.75 Å². The normalized spacial score (nSPS) is 10.8. The summed E-state index contributed by atoms with van der Waals surface area (Å²) in [5, 5.41) is 6.61. The fourth-order valence-electron chi connectivity index (χ4n) is 2.64. The molecule has 3 aromatic rings. The lowest BCUT2D eigenvalue weighted by Gasteiger charge is -2.10.